The van der Waals surface area contributed by atoms with Crippen LogP contribution < -0.4 is 11.1 Å². The number of hydrogen-bond acceptors (Lipinski definition) is 3. The predicted molar refractivity (Wildman–Crippen MR) is 90.3 cm³/mol. The second-order valence-electron chi connectivity index (χ2n) is 5.18. The van der Waals surface area contributed by atoms with Gasteiger partial charge in [0, 0.05) is 31.4 Å². The molecule has 0 atom stereocenters. The van der Waals surface area contributed by atoms with Crippen molar-refractivity contribution in [2.24, 2.45) is 12.8 Å². The van der Waals surface area contributed by atoms with Gasteiger partial charge in [-0.1, -0.05) is 12.1 Å². The molecule has 1 aromatic heterocycles. The van der Waals surface area contributed by atoms with E-state index < -0.39 is 0 Å². The van der Waals surface area contributed by atoms with Crippen molar-refractivity contribution < 1.29 is 4.79 Å². The fourth-order valence-electron chi connectivity index (χ4n) is 2.37. The highest BCUT2D eigenvalue weighted by Crippen LogP contribution is 2.12. The van der Waals surface area contributed by atoms with Crippen LogP contribution in [0.5, 0.6) is 0 Å². The van der Waals surface area contributed by atoms with E-state index in [-0.39, 0.29) is 18.3 Å². The van der Waals surface area contributed by atoms with Crippen molar-refractivity contribution in [2.75, 3.05) is 6.54 Å². The summed E-state index contributed by atoms with van der Waals surface area (Å²) in [6.07, 6.45) is 0.790. The molecule has 0 saturated carbocycles. The molecule has 0 spiro atoms. The lowest BCUT2D eigenvalue weighted by molar-refractivity contribution is 0.0954. The third kappa shape index (κ3) is 4.08. The Bertz CT molecular complexity index is 634. The number of nitrogens with one attached hydrogen (secondary N) is 1. The van der Waals surface area contributed by atoms with E-state index in [0.717, 1.165) is 23.4 Å². The molecule has 5 nitrogen and oxygen atoms in total. The summed E-state index contributed by atoms with van der Waals surface area (Å²) < 4.78 is 1.87. The number of aryl methyl sites for hydroxylation is 2. The van der Waals surface area contributed by atoms with Gasteiger partial charge in [0.1, 0.15) is 0 Å². The first kappa shape index (κ1) is 18.2. The van der Waals surface area contributed by atoms with Crippen LogP contribution in [0.4, 0.5) is 0 Å². The number of aromatic nitrogens is 2. The second-order valence-corrected chi connectivity index (χ2v) is 5.18. The lowest BCUT2D eigenvalue weighted by atomic mass is 10.1. The molecule has 1 aromatic carbocycles. The highest BCUT2D eigenvalue weighted by molar-refractivity contribution is 5.94. The molecule has 120 valence electrons. The summed E-state index contributed by atoms with van der Waals surface area (Å²) in [5, 5.41) is 7.32. The Labute approximate surface area is 137 Å². The van der Waals surface area contributed by atoms with Gasteiger partial charge in [0.2, 0.25) is 0 Å². The van der Waals surface area contributed by atoms with Crippen molar-refractivity contribution in [1.82, 2.24) is 15.1 Å². The van der Waals surface area contributed by atoms with E-state index in [2.05, 4.69) is 10.4 Å². The fraction of sp³-hybridized carbons (Fsp3) is 0.375. The molecule has 6 heteroatoms. The number of nitrogens with zero attached hydrogens (tertiary/aromatic N) is 2. The summed E-state index contributed by atoms with van der Waals surface area (Å²) in [6, 6.07) is 7.37. The molecule has 0 fully saturated rings. The van der Waals surface area contributed by atoms with Gasteiger partial charge in [-0.15, -0.1) is 12.4 Å². The lowest BCUT2D eigenvalue weighted by Crippen LogP contribution is -2.26. The second kappa shape index (κ2) is 7.96. The largest absolute Gasteiger partial charge is 0.352 e. The number of hydrogen-bond donors (Lipinski definition) is 2. The van der Waals surface area contributed by atoms with Crippen molar-refractivity contribution in [2.45, 2.75) is 26.8 Å². The summed E-state index contributed by atoms with van der Waals surface area (Å²) in [5.41, 5.74) is 10.6. The molecule has 0 aliphatic heterocycles. The van der Waals surface area contributed by atoms with Crippen LogP contribution in [0.3, 0.4) is 0 Å². The van der Waals surface area contributed by atoms with Crippen LogP contribution in [-0.4, -0.2) is 22.2 Å². The fourth-order valence-corrected chi connectivity index (χ4v) is 2.37. The number of carbonyl (C=O) groups excluding carboxylic acids is 1. The molecule has 0 aliphatic carbocycles. The first-order chi connectivity index (χ1) is 10.0. The summed E-state index contributed by atoms with van der Waals surface area (Å²) in [6.45, 7) is 5.13. The molecule has 22 heavy (non-hydrogen) atoms. The van der Waals surface area contributed by atoms with Crippen LogP contribution in [0.2, 0.25) is 0 Å². The topological polar surface area (TPSA) is 72.9 Å². The van der Waals surface area contributed by atoms with E-state index in [0.29, 0.717) is 18.7 Å². The smallest absolute Gasteiger partial charge is 0.251 e. The van der Waals surface area contributed by atoms with Crippen molar-refractivity contribution in [3.8, 4) is 0 Å². The molecular formula is C16H23ClN4O. The van der Waals surface area contributed by atoms with Crippen molar-refractivity contribution in [3.63, 3.8) is 0 Å². The highest BCUT2D eigenvalue weighted by atomic mass is 35.5. The minimum absolute atomic E-state index is 0. The zero-order valence-corrected chi connectivity index (χ0v) is 14.0. The quantitative estimate of drug-likeness (QED) is 0.883. The Hall–Kier alpha value is -1.85. The van der Waals surface area contributed by atoms with Gasteiger partial charge < -0.3 is 11.1 Å². The van der Waals surface area contributed by atoms with Crippen LogP contribution in [0.25, 0.3) is 0 Å². The zero-order chi connectivity index (χ0) is 15.4. The van der Waals surface area contributed by atoms with E-state index in [1.807, 2.05) is 37.7 Å². The van der Waals surface area contributed by atoms with Gasteiger partial charge in [-0.3, -0.25) is 9.48 Å². The van der Waals surface area contributed by atoms with Gasteiger partial charge in [-0.2, -0.15) is 5.10 Å². The maximum absolute atomic E-state index is 12.0. The number of benzene rings is 1. The first-order valence-corrected chi connectivity index (χ1v) is 7.09. The maximum atomic E-state index is 12.0. The normalized spacial score (nSPS) is 10.2. The Morgan fingerprint density at radius 3 is 2.41 bits per heavy atom. The molecule has 0 saturated heterocycles. The molecule has 0 unspecified atom stereocenters. The van der Waals surface area contributed by atoms with E-state index >= 15 is 0 Å². The maximum Gasteiger partial charge on any atom is 0.251 e. The summed E-state index contributed by atoms with van der Waals surface area (Å²) in [5.74, 6) is -0.0576. The Kier molecular flexibility index (Phi) is 6.59. The van der Waals surface area contributed by atoms with Crippen molar-refractivity contribution in [1.29, 1.82) is 0 Å². The van der Waals surface area contributed by atoms with Crippen LogP contribution in [-0.2, 0) is 20.0 Å². The standard InChI is InChI=1S/C16H22N4O.ClH/c1-11-15(12(2)20(3)19-11)8-9-18-16(21)14-6-4-13(10-17)5-7-14;/h4-7H,8-10,17H2,1-3H3,(H,18,21);1H. The van der Waals surface area contributed by atoms with Gasteiger partial charge >= 0.3 is 0 Å². The third-order valence-electron chi connectivity index (χ3n) is 3.77. The van der Waals surface area contributed by atoms with E-state index in [4.69, 9.17) is 5.73 Å². The summed E-state index contributed by atoms with van der Waals surface area (Å²) >= 11 is 0. The van der Waals surface area contributed by atoms with Gasteiger partial charge in [0.15, 0.2) is 0 Å². The number of halogens is 1. The number of amides is 1. The SMILES string of the molecule is Cc1nn(C)c(C)c1CCNC(=O)c1ccc(CN)cc1.Cl. The minimum Gasteiger partial charge on any atom is -0.352 e. The average molecular weight is 323 g/mol. The van der Waals surface area contributed by atoms with E-state index in [1.165, 1.54) is 5.56 Å². The molecule has 0 bridgehead atoms. The van der Waals surface area contributed by atoms with Crippen LogP contribution in [0.1, 0.15) is 32.9 Å². The predicted octanol–water partition coefficient (Wildman–Crippen LogP) is 1.89. The van der Waals surface area contributed by atoms with Gasteiger partial charge in [-0.25, -0.2) is 0 Å². The Balaban J connectivity index is 0.00000242. The Morgan fingerprint density at radius 2 is 1.91 bits per heavy atom. The minimum atomic E-state index is -0.0576. The molecule has 3 N–H and O–H groups in total. The van der Waals surface area contributed by atoms with Crippen molar-refractivity contribution in [3.05, 3.63) is 52.3 Å². The Morgan fingerprint density at radius 1 is 1.27 bits per heavy atom. The van der Waals surface area contributed by atoms with Gasteiger partial charge in [0.05, 0.1) is 5.69 Å². The molecule has 1 amide bonds. The first-order valence-electron chi connectivity index (χ1n) is 7.09. The van der Waals surface area contributed by atoms with Gasteiger partial charge in [-0.05, 0) is 43.5 Å². The molecule has 1 heterocycles. The van der Waals surface area contributed by atoms with E-state index in [1.54, 1.807) is 12.1 Å². The average Bonchev–Trinajstić information content (AvgIpc) is 2.73. The number of carbonyl (C=O) groups is 1. The number of nitrogens with two attached hydrogens (primary N) is 1. The monoisotopic (exact) mass is 322 g/mol. The van der Waals surface area contributed by atoms with Crippen LogP contribution in [0.15, 0.2) is 24.3 Å². The van der Waals surface area contributed by atoms with E-state index in [9.17, 15) is 4.79 Å². The third-order valence-corrected chi connectivity index (χ3v) is 3.77. The van der Waals surface area contributed by atoms with Crippen molar-refractivity contribution >= 4 is 18.3 Å². The zero-order valence-electron chi connectivity index (χ0n) is 13.2. The van der Waals surface area contributed by atoms with Gasteiger partial charge in [0.25, 0.3) is 5.91 Å². The van der Waals surface area contributed by atoms with Crippen LogP contribution in [0, 0.1) is 13.8 Å². The highest BCUT2D eigenvalue weighted by Gasteiger charge is 2.10. The summed E-state index contributed by atoms with van der Waals surface area (Å²) in [4.78, 5) is 12.0. The number of rotatable bonds is 5. The molecule has 0 aliphatic rings. The molecule has 2 aromatic rings. The summed E-state index contributed by atoms with van der Waals surface area (Å²) in [7, 11) is 1.93. The molecule has 0 radical (unpaired) electrons. The molecule has 2 rings (SSSR count). The van der Waals surface area contributed by atoms with Crippen LogP contribution >= 0.6 is 12.4 Å². The molecular weight excluding hydrogens is 300 g/mol. The lowest BCUT2D eigenvalue weighted by Gasteiger charge is -2.06.